The molecule has 1 nitrogen and oxygen atoms in total. The molecule has 3 heteroatoms. The van der Waals surface area contributed by atoms with Gasteiger partial charge < -0.3 is 0 Å². The molecule has 1 aliphatic heterocycles. The largest absolute Gasteiger partial charge is 0.249 e. The molecule has 0 radical (unpaired) electrons. The lowest BCUT2D eigenvalue weighted by Crippen LogP contribution is -2.10. The third-order valence-corrected chi connectivity index (χ3v) is 5.43. The summed E-state index contributed by atoms with van der Waals surface area (Å²) in [7, 11) is -1.01. The molecule has 0 N–H and O–H groups in total. The topological polar surface area (TPSA) is 17.1 Å². The maximum absolute atomic E-state index is 12.6. The van der Waals surface area contributed by atoms with E-state index in [1.54, 1.807) is 0 Å². The van der Waals surface area contributed by atoms with Crippen LogP contribution in [0.5, 0.6) is 0 Å². The number of benzene rings is 2. The van der Waals surface area contributed by atoms with Crippen molar-refractivity contribution in [2.24, 2.45) is 0 Å². The van der Waals surface area contributed by atoms with Gasteiger partial charge in [-0.05, 0) is 41.7 Å². The van der Waals surface area contributed by atoms with E-state index in [0.29, 0.717) is 3.92 Å². The summed E-state index contributed by atoms with van der Waals surface area (Å²) < 4.78 is 13.2. The Morgan fingerprint density at radius 2 is 1.89 bits per heavy atom. The molecule has 2 aromatic carbocycles. The summed E-state index contributed by atoms with van der Waals surface area (Å²) in [4.78, 5) is 1.97. The summed E-state index contributed by atoms with van der Waals surface area (Å²) in [5, 5.41) is 0. The zero-order valence-electron chi connectivity index (χ0n) is 10.7. The Labute approximate surface area is 130 Å². The Morgan fingerprint density at radius 3 is 2.68 bits per heavy atom. The molecular weight excluding hydrogens is 367 g/mol. The molecule has 0 aliphatic carbocycles. The molecule has 0 saturated heterocycles. The fourth-order valence-corrected chi connectivity index (χ4v) is 4.44. The highest BCUT2D eigenvalue weighted by molar-refractivity contribution is 14.1. The second-order valence-corrected chi connectivity index (χ2v) is 8.52. The Bertz CT molecular complexity index is 649. The van der Waals surface area contributed by atoms with Crippen LogP contribution < -0.4 is 0 Å². The molecule has 2 atom stereocenters. The fraction of sp³-hybridized carbons (Fsp3) is 0.250. The summed E-state index contributed by atoms with van der Waals surface area (Å²) in [6.07, 6.45) is 1.98. The molecule has 0 bridgehead atoms. The van der Waals surface area contributed by atoms with Gasteiger partial charge in [0.1, 0.15) is 0 Å². The van der Waals surface area contributed by atoms with Gasteiger partial charge in [0.2, 0.25) is 0 Å². The predicted octanol–water partition coefficient (Wildman–Crippen LogP) is 4.12. The maximum atomic E-state index is 12.6. The van der Waals surface area contributed by atoms with Gasteiger partial charge in [0, 0.05) is 13.7 Å². The van der Waals surface area contributed by atoms with Crippen molar-refractivity contribution in [2.75, 3.05) is 0 Å². The summed E-state index contributed by atoms with van der Waals surface area (Å²) >= 11 is 2.45. The first-order valence-corrected chi connectivity index (χ1v) is 8.80. The zero-order chi connectivity index (χ0) is 13.4. The zero-order valence-corrected chi connectivity index (χ0v) is 13.7. The number of fused-ring (bicyclic) bond motifs is 2. The van der Waals surface area contributed by atoms with Gasteiger partial charge in [0.05, 0.1) is 10.8 Å². The van der Waals surface area contributed by atoms with Crippen LogP contribution in [0.2, 0.25) is 0 Å². The van der Waals surface area contributed by atoms with Crippen LogP contribution in [0.3, 0.4) is 0 Å². The second-order valence-electron chi connectivity index (χ2n) is 4.98. The van der Waals surface area contributed by atoms with Gasteiger partial charge in [0.15, 0.2) is 0 Å². The van der Waals surface area contributed by atoms with Crippen LogP contribution in [0.25, 0.3) is 0 Å². The quantitative estimate of drug-likeness (QED) is 0.481. The van der Waals surface area contributed by atoms with Crippen LogP contribution in [0.1, 0.15) is 23.6 Å². The molecule has 3 rings (SSSR count). The minimum absolute atomic E-state index is 0.622. The molecule has 19 heavy (non-hydrogen) atoms. The molecule has 1 heterocycles. The first kappa shape index (κ1) is 13.3. The average Bonchev–Trinajstić information content (AvgIpc) is 2.38. The van der Waals surface area contributed by atoms with E-state index in [4.69, 9.17) is 0 Å². The molecular formula is C16H15IOS. The highest BCUT2D eigenvalue weighted by Gasteiger charge is 2.21. The molecule has 2 aromatic rings. The normalized spacial score (nSPS) is 18.5. The molecule has 0 aromatic heterocycles. The Balaban J connectivity index is 2.03. The molecule has 98 valence electrons. The van der Waals surface area contributed by atoms with Gasteiger partial charge in [-0.2, -0.15) is 0 Å². The van der Waals surface area contributed by atoms with Crippen molar-refractivity contribution < 1.29 is 4.21 Å². The molecule has 0 saturated carbocycles. The summed E-state index contributed by atoms with van der Waals surface area (Å²) in [5.74, 6) is 0. The minimum atomic E-state index is -1.01. The Morgan fingerprint density at radius 1 is 1.16 bits per heavy atom. The summed E-state index contributed by atoms with van der Waals surface area (Å²) in [6.45, 7) is 2.22. The molecule has 0 fully saturated rings. The van der Waals surface area contributed by atoms with E-state index in [-0.39, 0.29) is 0 Å². The highest BCUT2D eigenvalue weighted by Crippen LogP contribution is 2.32. The predicted molar refractivity (Wildman–Crippen MR) is 87.6 cm³/mol. The lowest BCUT2D eigenvalue weighted by molar-refractivity contribution is 0.679. The third-order valence-electron chi connectivity index (χ3n) is 3.39. The molecule has 0 spiro atoms. The lowest BCUT2D eigenvalue weighted by Gasteiger charge is -2.19. The Hall–Kier alpha value is -0.680. The standard InChI is InChI=1S/C16H15IOS/c1-11(17)8-12-6-7-16-14(9-12)10-13-4-2-3-5-15(13)19(16)18/h2-7,9,11H,8,10H2,1H3. The smallest absolute Gasteiger partial charge is 0.0855 e. The van der Waals surface area contributed by atoms with E-state index in [0.717, 1.165) is 22.6 Å². The number of halogens is 1. The van der Waals surface area contributed by atoms with Gasteiger partial charge >= 0.3 is 0 Å². The van der Waals surface area contributed by atoms with E-state index in [9.17, 15) is 4.21 Å². The van der Waals surface area contributed by atoms with Crippen molar-refractivity contribution in [2.45, 2.75) is 33.5 Å². The van der Waals surface area contributed by atoms with Crippen LogP contribution in [0.4, 0.5) is 0 Å². The van der Waals surface area contributed by atoms with Crippen LogP contribution in [-0.2, 0) is 23.6 Å². The van der Waals surface area contributed by atoms with Gasteiger partial charge in [-0.25, -0.2) is 4.21 Å². The number of rotatable bonds is 2. The lowest BCUT2D eigenvalue weighted by atomic mass is 10.0. The van der Waals surface area contributed by atoms with E-state index < -0.39 is 10.8 Å². The summed E-state index contributed by atoms with van der Waals surface area (Å²) in [6, 6.07) is 14.5. The third kappa shape index (κ3) is 2.63. The van der Waals surface area contributed by atoms with Crippen molar-refractivity contribution in [3.8, 4) is 0 Å². The van der Waals surface area contributed by atoms with Crippen molar-refractivity contribution in [1.29, 1.82) is 0 Å². The SMILES string of the molecule is CC(I)Cc1ccc2c(c1)Cc1ccccc1S2=O. The monoisotopic (exact) mass is 382 g/mol. The first-order valence-electron chi connectivity index (χ1n) is 6.40. The Kier molecular flexibility index (Phi) is 3.76. The first-order chi connectivity index (χ1) is 9.15. The molecule has 0 amide bonds. The van der Waals surface area contributed by atoms with Gasteiger partial charge in [0.25, 0.3) is 0 Å². The van der Waals surface area contributed by atoms with Crippen molar-refractivity contribution in [3.63, 3.8) is 0 Å². The fourth-order valence-electron chi connectivity index (χ4n) is 2.56. The second kappa shape index (κ2) is 5.37. The molecule has 2 unspecified atom stereocenters. The van der Waals surface area contributed by atoms with Crippen molar-refractivity contribution in [1.82, 2.24) is 0 Å². The van der Waals surface area contributed by atoms with E-state index in [1.807, 2.05) is 18.2 Å². The number of alkyl halides is 1. The van der Waals surface area contributed by atoms with E-state index >= 15 is 0 Å². The van der Waals surface area contributed by atoms with Crippen LogP contribution in [0, 0.1) is 0 Å². The highest BCUT2D eigenvalue weighted by atomic mass is 127. The summed E-state index contributed by atoms with van der Waals surface area (Å²) in [5.41, 5.74) is 3.77. The molecule has 1 aliphatic rings. The minimum Gasteiger partial charge on any atom is -0.249 e. The number of hydrogen-bond donors (Lipinski definition) is 0. The average molecular weight is 382 g/mol. The van der Waals surface area contributed by atoms with Crippen LogP contribution in [0.15, 0.2) is 52.3 Å². The maximum Gasteiger partial charge on any atom is 0.0855 e. The van der Waals surface area contributed by atoms with Gasteiger partial charge in [-0.3, -0.25) is 0 Å². The number of hydrogen-bond acceptors (Lipinski definition) is 1. The van der Waals surface area contributed by atoms with Crippen LogP contribution >= 0.6 is 22.6 Å². The van der Waals surface area contributed by atoms with E-state index in [2.05, 4.69) is 53.8 Å². The van der Waals surface area contributed by atoms with Gasteiger partial charge in [-0.1, -0.05) is 59.8 Å². The van der Waals surface area contributed by atoms with Crippen LogP contribution in [-0.4, -0.2) is 8.13 Å². The van der Waals surface area contributed by atoms with E-state index in [1.165, 1.54) is 16.7 Å². The van der Waals surface area contributed by atoms with Crippen molar-refractivity contribution >= 4 is 33.4 Å². The van der Waals surface area contributed by atoms with Crippen molar-refractivity contribution in [3.05, 3.63) is 59.2 Å². The van der Waals surface area contributed by atoms with Gasteiger partial charge in [-0.15, -0.1) is 0 Å².